The van der Waals surface area contributed by atoms with Crippen LogP contribution in [-0.4, -0.2) is 36.6 Å². The van der Waals surface area contributed by atoms with Gasteiger partial charge in [0, 0.05) is 17.6 Å². The number of amides is 1. The molecule has 2 aromatic heterocycles. The van der Waals surface area contributed by atoms with E-state index in [2.05, 4.69) is 15.3 Å². The molecule has 0 bridgehead atoms. The zero-order chi connectivity index (χ0) is 28.6. The molecule has 5 N–H and O–H groups in total. The van der Waals surface area contributed by atoms with Crippen molar-refractivity contribution in [3.05, 3.63) is 83.1 Å². The zero-order valence-electron chi connectivity index (χ0n) is 22.4. The normalized spacial score (nSPS) is 19.9. The van der Waals surface area contributed by atoms with Gasteiger partial charge >= 0.3 is 5.69 Å². The van der Waals surface area contributed by atoms with Crippen molar-refractivity contribution in [1.29, 1.82) is 5.26 Å². The minimum absolute atomic E-state index is 0.0544. The molecule has 0 saturated heterocycles. The second-order valence-electron chi connectivity index (χ2n) is 10.7. The molecular weight excluding hydrogens is 520 g/mol. The molecule has 0 unspecified atom stereocenters. The Kier molecular flexibility index (Phi) is 6.77. The lowest BCUT2D eigenvalue weighted by molar-refractivity contribution is -0.118. The van der Waals surface area contributed by atoms with Crippen molar-refractivity contribution in [3.63, 3.8) is 0 Å². The molecule has 1 amide bonds. The third kappa shape index (κ3) is 5.29. The average Bonchev–Trinajstić information content (AvgIpc) is 3.64. The number of rotatable bonds is 7. The van der Waals surface area contributed by atoms with Gasteiger partial charge in [0.15, 0.2) is 11.5 Å². The number of carbonyl (C=O) groups excluding carboxylic acids is 1. The van der Waals surface area contributed by atoms with Gasteiger partial charge < -0.3 is 21.5 Å². The third-order valence-corrected chi connectivity index (χ3v) is 7.78. The van der Waals surface area contributed by atoms with Crippen LogP contribution >= 0.6 is 0 Å². The maximum absolute atomic E-state index is 13.9. The first-order valence-electron chi connectivity index (χ1n) is 13.6. The van der Waals surface area contributed by atoms with E-state index in [9.17, 15) is 14.9 Å². The average molecular weight is 551 g/mol. The predicted octanol–water partition coefficient (Wildman–Crippen LogP) is 3.50. The number of anilines is 1. The summed E-state index contributed by atoms with van der Waals surface area (Å²) < 4.78 is 9.12. The molecule has 2 aliphatic rings. The highest BCUT2D eigenvalue weighted by Crippen LogP contribution is 2.35. The van der Waals surface area contributed by atoms with Crippen LogP contribution in [0.25, 0.3) is 16.9 Å². The molecule has 11 heteroatoms. The Morgan fingerprint density at radius 2 is 1.73 bits per heavy atom. The largest absolute Gasteiger partial charge is 0.457 e. The number of nitrogen functional groups attached to an aromatic ring is 1. The van der Waals surface area contributed by atoms with E-state index in [1.165, 1.54) is 10.9 Å². The smallest absolute Gasteiger partial charge is 0.335 e. The first-order chi connectivity index (χ1) is 19.8. The summed E-state index contributed by atoms with van der Waals surface area (Å²) >= 11 is 0. The fraction of sp³-hybridized carbons (Fsp3) is 0.300. The van der Waals surface area contributed by atoms with Gasteiger partial charge in [-0.3, -0.25) is 13.9 Å². The van der Waals surface area contributed by atoms with Crippen LogP contribution < -0.4 is 27.2 Å². The van der Waals surface area contributed by atoms with Crippen molar-refractivity contribution < 1.29 is 9.53 Å². The van der Waals surface area contributed by atoms with E-state index >= 15 is 0 Å². The molecule has 6 rings (SSSR count). The minimum Gasteiger partial charge on any atom is -0.457 e. The van der Waals surface area contributed by atoms with Crippen LogP contribution in [0.15, 0.2) is 77.4 Å². The molecular formula is C30H30N8O3. The minimum atomic E-state index is -0.533. The maximum Gasteiger partial charge on any atom is 0.335 e. The molecule has 4 aromatic rings. The quantitative estimate of drug-likeness (QED) is 0.232. The van der Waals surface area contributed by atoms with Gasteiger partial charge in [-0.15, -0.1) is 0 Å². The number of benzene rings is 2. The summed E-state index contributed by atoms with van der Waals surface area (Å²) in [6.45, 7) is 0. The maximum atomic E-state index is 13.9. The van der Waals surface area contributed by atoms with Crippen LogP contribution in [0.3, 0.4) is 0 Å². The highest BCUT2D eigenvalue weighted by molar-refractivity contribution is 5.97. The van der Waals surface area contributed by atoms with Gasteiger partial charge in [-0.05, 0) is 81.0 Å². The first-order valence-corrected chi connectivity index (χ1v) is 13.6. The van der Waals surface area contributed by atoms with Crippen molar-refractivity contribution in [2.24, 2.45) is 5.73 Å². The van der Waals surface area contributed by atoms with Crippen molar-refractivity contribution >= 4 is 22.9 Å². The number of hydrogen-bond donors (Lipinski definition) is 3. The summed E-state index contributed by atoms with van der Waals surface area (Å²) in [5.41, 5.74) is 13.1. The van der Waals surface area contributed by atoms with Crippen LogP contribution in [0, 0.1) is 11.3 Å². The fourth-order valence-electron chi connectivity index (χ4n) is 5.39. The van der Waals surface area contributed by atoms with Gasteiger partial charge in [-0.2, -0.15) is 5.26 Å². The Balaban J connectivity index is 1.23. The summed E-state index contributed by atoms with van der Waals surface area (Å²) in [6.07, 6.45) is 7.07. The van der Waals surface area contributed by atoms with E-state index < -0.39 is 11.4 Å². The highest BCUT2D eigenvalue weighted by Gasteiger charge is 2.37. The number of nitrogens with two attached hydrogens (primary N) is 2. The van der Waals surface area contributed by atoms with E-state index in [4.69, 9.17) is 16.2 Å². The number of imidazole rings is 1. The van der Waals surface area contributed by atoms with Gasteiger partial charge in [-0.25, -0.2) is 14.8 Å². The number of para-hydroxylation sites is 1. The van der Waals surface area contributed by atoms with E-state index in [0.717, 1.165) is 12.8 Å². The molecule has 0 radical (unpaired) electrons. The van der Waals surface area contributed by atoms with E-state index in [1.54, 1.807) is 34.9 Å². The van der Waals surface area contributed by atoms with Crippen LogP contribution in [-0.2, 0) is 4.79 Å². The number of fused-ring (bicyclic) bond motifs is 1. The van der Waals surface area contributed by atoms with E-state index in [-0.39, 0.29) is 29.2 Å². The van der Waals surface area contributed by atoms with E-state index in [0.29, 0.717) is 54.0 Å². The number of nitriles is 1. The van der Waals surface area contributed by atoms with Crippen molar-refractivity contribution in [2.45, 2.75) is 56.1 Å². The lowest BCUT2D eigenvalue weighted by Gasteiger charge is -2.29. The Bertz CT molecular complexity index is 1720. The Morgan fingerprint density at radius 1 is 1.05 bits per heavy atom. The number of nitrogens with one attached hydrogen (secondary N) is 1. The fourth-order valence-corrected chi connectivity index (χ4v) is 5.39. The van der Waals surface area contributed by atoms with Crippen LogP contribution in [0.5, 0.6) is 11.5 Å². The van der Waals surface area contributed by atoms with Gasteiger partial charge in [0.1, 0.15) is 35.0 Å². The number of hydrogen-bond acceptors (Lipinski definition) is 8. The Hall–Kier alpha value is -4.95. The molecule has 41 heavy (non-hydrogen) atoms. The SMILES string of the molecule is N#C/C(=C/C1(N)CC1)C(=O)NC1CCC(n2c(=O)n(-c3ccc(Oc4ccccc4)cc3)c3c(N)ncnc32)CC1. The Morgan fingerprint density at radius 3 is 2.39 bits per heavy atom. The van der Waals surface area contributed by atoms with Crippen molar-refractivity contribution in [3.8, 4) is 23.3 Å². The summed E-state index contributed by atoms with van der Waals surface area (Å²) in [5.74, 6) is 1.15. The molecule has 0 aliphatic heterocycles. The summed E-state index contributed by atoms with van der Waals surface area (Å²) in [7, 11) is 0. The van der Waals surface area contributed by atoms with Crippen LogP contribution in [0.4, 0.5) is 5.82 Å². The van der Waals surface area contributed by atoms with Crippen LogP contribution in [0.1, 0.15) is 44.6 Å². The predicted molar refractivity (Wildman–Crippen MR) is 153 cm³/mol. The molecule has 2 aromatic carbocycles. The van der Waals surface area contributed by atoms with Gasteiger partial charge in [0.05, 0.1) is 5.69 Å². The number of carbonyl (C=O) groups is 1. The number of ether oxygens (including phenoxy) is 1. The van der Waals surface area contributed by atoms with Gasteiger partial charge in [0.2, 0.25) is 0 Å². The Labute approximate surface area is 236 Å². The standard InChI is InChI=1S/C30H30N8O3/c31-17-19(16-30(33)14-15-30)28(39)36-20-6-8-22(9-7-20)38-27-25(26(32)34-18-35-27)37(29(38)40)21-10-12-24(13-11-21)41-23-4-2-1-3-5-23/h1-5,10-13,16,18,20,22H,6-9,14-15,33H2,(H,36,39)(H2,32,34,35)/b19-16-. The van der Waals surface area contributed by atoms with Crippen LogP contribution in [0.2, 0.25) is 0 Å². The molecule has 0 atom stereocenters. The molecule has 0 spiro atoms. The lowest BCUT2D eigenvalue weighted by Crippen LogP contribution is -2.40. The molecule has 208 valence electrons. The lowest BCUT2D eigenvalue weighted by atomic mass is 9.90. The number of nitrogens with zero attached hydrogens (tertiary/aromatic N) is 5. The summed E-state index contributed by atoms with van der Waals surface area (Å²) in [6, 6.07) is 18.4. The number of aromatic nitrogens is 4. The van der Waals surface area contributed by atoms with E-state index in [1.807, 2.05) is 36.4 Å². The van der Waals surface area contributed by atoms with Crippen molar-refractivity contribution in [1.82, 2.24) is 24.4 Å². The monoisotopic (exact) mass is 550 g/mol. The topological polar surface area (TPSA) is 167 Å². The zero-order valence-corrected chi connectivity index (χ0v) is 22.4. The molecule has 2 heterocycles. The van der Waals surface area contributed by atoms with Gasteiger partial charge in [0.25, 0.3) is 5.91 Å². The summed E-state index contributed by atoms with van der Waals surface area (Å²) in [4.78, 5) is 35.2. The second kappa shape index (κ2) is 10.6. The molecule has 2 aliphatic carbocycles. The summed E-state index contributed by atoms with van der Waals surface area (Å²) in [5, 5.41) is 12.4. The first kappa shape index (κ1) is 26.3. The second-order valence-corrected chi connectivity index (χ2v) is 10.7. The molecule has 2 fully saturated rings. The third-order valence-electron chi connectivity index (χ3n) is 7.78. The molecule has 2 saturated carbocycles. The molecule has 11 nitrogen and oxygen atoms in total. The van der Waals surface area contributed by atoms with Gasteiger partial charge in [-0.1, -0.05) is 18.2 Å². The highest BCUT2D eigenvalue weighted by atomic mass is 16.5. The van der Waals surface area contributed by atoms with Crippen molar-refractivity contribution in [2.75, 3.05) is 5.73 Å².